The number of hydrogen-bond acceptors (Lipinski definition) is 5. The number of rotatable bonds is 6. The van der Waals surface area contributed by atoms with Crippen LogP contribution in [-0.2, 0) is 9.53 Å². The molecule has 2 heterocycles. The van der Waals surface area contributed by atoms with Gasteiger partial charge < -0.3 is 19.7 Å². The maximum atomic E-state index is 12.5. The molecule has 0 aliphatic carbocycles. The van der Waals surface area contributed by atoms with Crippen LogP contribution in [0.15, 0.2) is 54.6 Å². The number of amides is 1. The Morgan fingerprint density at radius 3 is 2.81 bits per heavy atom. The predicted molar refractivity (Wildman–Crippen MR) is 125 cm³/mol. The lowest BCUT2D eigenvalue weighted by Crippen LogP contribution is -2.36. The van der Waals surface area contributed by atoms with Crippen molar-refractivity contribution in [2.45, 2.75) is 13.8 Å². The molecule has 1 aliphatic rings. The second-order valence-electron chi connectivity index (χ2n) is 7.42. The van der Waals surface area contributed by atoms with Crippen molar-refractivity contribution in [1.82, 2.24) is 4.98 Å². The number of benzene rings is 2. The van der Waals surface area contributed by atoms with Gasteiger partial charge in [0.2, 0.25) is 5.91 Å². The van der Waals surface area contributed by atoms with Crippen molar-refractivity contribution < 1.29 is 14.3 Å². The van der Waals surface area contributed by atoms with E-state index in [1.807, 2.05) is 49.4 Å². The highest BCUT2D eigenvalue weighted by molar-refractivity contribution is 6.03. The van der Waals surface area contributed by atoms with Gasteiger partial charge in [0.15, 0.2) is 0 Å². The van der Waals surface area contributed by atoms with Crippen LogP contribution >= 0.6 is 0 Å². The number of pyridine rings is 1. The van der Waals surface area contributed by atoms with Crippen molar-refractivity contribution in [2.24, 2.45) is 0 Å². The number of aryl methyl sites for hydroxylation is 1. The van der Waals surface area contributed by atoms with Crippen molar-refractivity contribution in [3.8, 4) is 5.75 Å². The summed E-state index contributed by atoms with van der Waals surface area (Å²) >= 11 is 0. The van der Waals surface area contributed by atoms with E-state index >= 15 is 0 Å². The van der Waals surface area contributed by atoms with Gasteiger partial charge in [0.25, 0.3) is 0 Å². The molecule has 1 N–H and O–H groups in total. The highest BCUT2D eigenvalue weighted by Crippen LogP contribution is 2.26. The topological polar surface area (TPSA) is 63.7 Å². The molecule has 6 nitrogen and oxygen atoms in total. The Morgan fingerprint density at radius 1 is 1.19 bits per heavy atom. The molecule has 1 fully saturated rings. The summed E-state index contributed by atoms with van der Waals surface area (Å²) in [5.41, 5.74) is 3.66. The third-order valence-corrected chi connectivity index (χ3v) is 5.24. The van der Waals surface area contributed by atoms with Crippen LogP contribution in [0.3, 0.4) is 0 Å². The van der Waals surface area contributed by atoms with Crippen molar-refractivity contribution in [1.29, 1.82) is 0 Å². The standard InChI is InChI=1S/C25H27N3O3/c1-3-31-23-7-5-4-6-19(23)8-11-25(29)26-20-9-10-22-21(17-20)18(2)16-24(27-22)28-12-14-30-15-13-28/h4-11,16-17H,3,12-15H2,1-2H3,(H,26,29)/b11-8+. The average molecular weight is 418 g/mol. The Labute approximate surface area is 182 Å². The molecule has 4 rings (SSSR count). The normalized spacial score (nSPS) is 14.2. The minimum absolute atomic E-state index is 0.193. The number of hydrogen-bond donors (Lipinski definition) is 1. The number of morpholine rings is 1. The van der Waals surface area contributed by atoms with Gasteiger partial charge in [0.05, 0.1) is 25.3 Å². The molecule has 0 spiro atoms. The van der Waals surface area contributed by atoms with Gasteiger partial charge in [-0.3, -0.25) is 4.79 Å². The van der Waals surface area contributed by atoms with Gasteiger partial charge in [0, 0.05) is 35.8 Å². The SMILES string of the molecule is CCOc1ccccc1/C=C/C(=O)Nc1ccc2nc(N3CCOCC3)cc(C)c2c1. The monoisotopic (exact) mass is 417 g/mol. The summed E-state index contributed by atoms with van der Waals surface area (Å²) in [5, 5.41) is 3.97. The fourth-order valence-electron chi connectivity index (χ4n) is 3.66. The molecule has 2 aromatic carbocycles. The molecule has 0 unspecified atom stereocenters. The van der Waals surface area contributed by atoms with E-state index in [9.17, 15) is 4.79 Å². The number of anilines is 2. The molecular weight excluding hydrogens is 390 g/mol. The zero-order valence-corrected chi connectivity index (χ0v) is 17.9. The summed E-state index contributed by atoms with van der Waals surface area (Å²) in [5.74, 6) is 1.54. The third kappa shape index (κ3) is 5.03. The smallest absolute Gasteiger partial charge is 0.248 e. The number of aromatic nitrogens is 1. The van der Waals surface area contributed by atoms with Crippen molar-refractivity contribution in [3.63, 3.8) is 0 Å². The molecule has 0 bridgehead atoms. The predicted octanol–water partition coefficient (Wildman–Crippen LogP) is 4.43. The van der Waals surface area contributed by atoms with Crippen LogP contribution in [0.4, 0.5) is 11.5 Å². The molecule has 3 aromatic rings. The van der Waals surface area contributed by atoms with E-state index in [-0.39, 0.29) is 5.91 Å². The summed E-state index contributed by atoms with van der Waals surface area (Å²) in [6.45, 7) is 7.75. The van der Waals surface area contributed by atoms with Gasteiger partial charge in [-0.2, -0.15) is 0 Å². The first-order valence-corrected chi connectivity index (χ1v) is 10.6. The van der Waals surface area contributed by atoms with Gasteiger partial charge in [0.1, 0.15) is 11.6 Å². The van der Waals surface area contributed by atoms with E-state index in [4.69, 9.17) is 14.5 Å². The number of para-hydroxylation sites is 1. The van der Waals surface area contributed by atoms with Gasteiger partial charge in [-0.15, -0.1) is 0 Å². The fraction of sp³-hybridized carbons (Fsp3) is 0.280. The summed E-state index contributed by atoms with van der Waals surface area (Å²) in [7, 11) is 0. The van der Waals surface area contributed by atoms with Crippen molar-refractivity contribution >= 4 is 34.4 Å². The quantitative estimate of drug-likeness (QED) is 0.601. The maximum absolute atomic E-state index is 12.5. The van der Waals surface area contributed by atoms with Crippen molar-refractivity contribution in [2.75, 3.05) is 43.1 Å². The number of nitrogens with zero attached hydrogens (tertiary/aromatic N) is 2. The van der Waals surface area contributed by atoms with E-state index in [1.165, 1.54) is 6.08 Å². The van der Waals surface area contributed by atoms with E-state index in [0.717, 1.165) is 65.6 Å². The highest BCUT2D eigenvalue weighted by Gasteiger charge is 2.14. The first-order chi connectivity index (χ1) is 15.1. The van der Waals surface area contributed by atoms with E-state index < -0.39 is 0 Å². The fourth-order valence-corrected chi connectivity index (χ4v) is 3.66. The number of ether oxygens (including phenoxy) is 2. The molecule has 1 aromatic heterocycles. The average Bonchev–Trinajstić information content (AvgIpc) is 2.79. The van der Waals surface area contributed by atoms with Crippen LogP contribution < -0.4 is 15.0 Å². The number of nitrogens with one attached hydrogen (secondary N) is 1. The van der Waals surface area contributed by atoms with E-state index in [2.05, 4.69) is 23.2 Å². The minimum atomic E-state index is -0.193. The molecular formula is C25H27N3O3. The lowest BCUT2D eigenvalue weighted by Gasteiger charge is -2.28. The molecule has 160 valence electrons. The lowest BCUT2D eigenvalue weighted by molar-refractivity contribution is -0.111. The first-order valence-electron chi connectivity index (χ1n) is 10.6. The number of carbonyl (C=O) groups excluding carboxylic acids is 1. The Balaban J connectivity index is 1.49. The molecule has 0 saturated carbocycles. The van der Waals surface area contributed by atoms with Crippen LogP contribution in [0.1, 0.15) is 18.1 Å². The Hall–Kier alpha value is -3.38. The lowest BCUT2D eigenvalue weighted by atomic mass is 10.1. The van der Waals surface area contributed by atoms with Crippen LogP contribution in [0, 0.1) is 6.92 Å². The van der Waals surface area contributed by atoms with Crippen molar-refractivity contribution in [3.05, 3.63) is 65.7 Å². The number of fused-ring (bicyclic) bond motifs is 1. The maximum Gasteiger partial charge on any atom is 0.248 e. The Morgan fingerprint density at radius 2 is 2.00 bits per heavy atom. The number of carbonyl (C=O) groups is 1. The summed E-state index contributed by atoms with van der Waals surface area (Å²) in [6.07, 6.45) is 3.29. The van der Waals surface area contributed by atoms with E-state index in [0.29, 0.717) is 6.61 Å². The van der Waals surface area contributed by atoms with Gasteiger partial charge in [-0.05, 0) is 55.8 Å². The second kappa shape index (κ2) is 9.62. The third-order valence-electron chi connectivity index (χ3n) is 5.24. The molecule has 1 saturated heterocycles. The Kier molecular flexibility index (Phi) is 6.48. The van der Waals surface area contributed by atoms with Crippen LogP contribution in [0.2, 0.25) is 0 Å². The van der Waals surface area contributed by atoms with E-state index in [1.54, 1.807) is 6.08 Å². The molecule has 0 radical (unpaired) electrons. The molecule has 31 heavy (non-hydrogen) atoms. The summed E-state index contributed by atoms with van der Waals surface area (Å²) < 4.78 is 11.0. The van der Waals surface area contributed by atoms with Gasteiger partial charge in [-0.25, -0.2) is 4.98 Å². The van der Waals surface area contributed by atoms with Gasteiger partial charge in [-0.1, -0.05) is 18.2 Å². The molecule has 0 atom stereocenters. The van der Waals surface area contributed by atoms with Crippen LogP contribution in [-0.4, -0.2) is 43.8 Å². The highest BCUT2D eigenvalue weighted by atomic mass is 16.5. The summed E-state index contributed by atoms with van der Waals surface area (Å²) in [4.78, 5) is 19.5. The molecule has 6 heteroatoms. The molecule has 1 aliphatic heterocycles. The molecule has 1 amide bonds. The van der Waals surface area contributed by atoms with Gasteiger partial charge >= 0.3 is 0 Å². The Bertz CT molecular complexity index is 1100. The second-order valence-corrected chi connectivity index (χ2v) is 7.42. The zero-order valence-electron chi connectivity index (χ0n) is 17.9. The van der Waals surface area contributed by atoms with Crippen LogP contribution in [0.25, 0.3) is 17.0 Å². The first kappa shape index (κ1) is 20.9. The minimum Gasteiger partial charge on any atom is -0.493 e. The summed E-state index contributed by atoms with van der Waals surface area (Å²) in [6, 6.07) is 15.6. The zero-order chi connectivity index (χ0) is 21.6. The van der Waals surface area contributed by atoms with Crippen LogP contribution in [0.5, 0.6) is 5.75 Å². The largest absolute Gasteiger partial charge is 0.493 e.